The van der Waals surface area contributed by atoms with Crippen molar-refractivity contribution >= 4 is 0 Å². The van der Waals surface area contributed by atoms with Crippen LogP contribution in [0, 0.1) is 0 Å². The lowest BCUT2D eigenvalue weighted by Crippen LogP contribution is -2.19. The minimum atomic E-state index is 0.191. The second-order valence-electron chi connectivity index (χ2n) is 5.92. The van der Waals surface area contributed by atoms with E-state index in [1.807, 2.05) is 6.20 Å². The Morgan fingerprint density at radius 2 is 1.67 bits per heavy atom. The van der Waals surface area contributed by atoms with E-state index in [2.05, 4.69) is 58.7 Å². The van der Waals surface area contributed by atoms with Crippen molar-refractivity contribution in [3.8, 4) is 0 Å². The molecule has 0 aliphatic carbocycles. The summed E-state index contributed by atoms with van der Waals surface area (Å²) in [5.41, 5.74) is 2.88. The molecule has 1 rings (SSSR count). The number of hydrogen-bond acceptors (Lipinski definition) is 1. The highest BCUT2D eigenvalue weighted by molar-refractivity contribution is 5.24. The van der Waals surface area contributed by atoms with Gasteiger partial charge in [0.25, 0.3) is 0 Å². The van der Waals surface area contributed by atoms with Gasteiger partial charge < -0.3 is 0 Å². The average Bonchev–Trinajstić information content (AvgIpc) is 2.17. The van der Waals surface area contributed by atoms with Gasteiger partial charge in [0.2, 0.25) is 0 Å². The predicted octanol–water partition coefficient (Wildman–Crippen LogP) is 4.07. The van der Waals surface area contributed by atoms with Crippen molar-refractivity contribution in [2.24, 2.45) is 0 Å². The summed E-state index contributed by atoms with van der Waals surface area (Å²) in [5, 5.41) is 0. The van der Waals surface area contributed by atoms with Crippen LogP contribution in [-0.2, 0) is 10.8 Å². The molecule has 0 unspecified atom stereocenters. The molecule has 0 aliphatic rings. The first-order valence-corrected chi connectivity index (χ1v) is 5.74. The first-order valence-electron chi connectivity index (χ1n) is 5.74. The van der Waals surface area contributed by atoms with Gasteiger partial charge in [-0.3, -0.25) is 4.98 Å². The molecular formula is C14H23N. The number of hydrogen-bond donors (Lipinski definition) is 0. The van der Waals surface area contributed by atoms with Gasteiger partial charge in [-0.2, -0.15) is 0 Å². The van der Waals surface area contributed by atoms with Crippen molar-refractivity contribution in [3.63, 3.8) is 0 Å². The molecule has 0 saturated heterocycles. The average molecular weight is 205 g/mol. The van der Waals surface area contributed by atoms with Crippen LogP contribution in [0.2, 0.25) is 0 Å². The number of nitrogens with zero attached hydrogens (tertiary/aromatic N) is 1. The Morgan fingerprint density at radius 3 is 2.00 bits per heavy atom. The number of rotatable bonds is 2. The molecule has 1 heteroatoms. The molecule has 0 atom stereocenters. The van der Waals surface area contributed by atoms with Crippen molar-refractivity contribution in [2.45, 2.75) is 58.8 Å². The van der Waals surface area contributed by atoms with Gasteiger partial charge in [-0.05, 0) is 23.5 Å². The van der Waals surface area contributed by atoms with Crippen LogP contribution >= 0.6 is 0 Å². The van der Waals surface area contributed by atoms with Crippen molar-refractivity contribution in [1.29, 1.82) is 0 Å². The van der Waals surface area contributed by atoms with Crippen molar-refractivity contribution < 1.29 is 0 Å². The summed E-state index contributed by atoms with van der Waals surface area (Å²) in [7, 11) is 0. The zero-order valence-electron chi connectivity index (χ0n) is 10.9. The SMILES string of the molecule is CCC(C)(C)c1ccc(C(C)(C)C)cn1. The maximum Gasteiger partial charge on any atom is 0.0459 e. The van der Waals surface area contributed by atoms with Crippen LogP contribution < -0.4 is 0 Å². The molecule has 0 fully saturated rings. The summed E-state index contributed by atoms with van der Waals surface area (Å²) in [6, 6.07) is 4.38. The largest absolute Gasteiger partial charge is 0.260 e. The van der Waals surface area contributed by atoms with Gasteiger partial charge in [0, 0.05) is 17.3 Å². The minimum absolute atomic E-state index is 0.191. The Balaban J connectivity index is 3.01. The first kappa shape index (κ1) is 12.2. The third-order valence-electron chi connectivity index (χ3n) is 3.21. The van der Waals surface area contributed by atoms with Crippen LogP contribution in [0.4, 0.5) is 0 Å². The molecule has 0 amide bonds. The van der Waals surface area contributed by atoms with Gasteiger partial charge >= 0.3 is 0 Å². The summed E-state index contributed by atoms with van der Waals surface area (Å²) in [4.78, 5) is 4.59. The second kappa shape index (κ2) is 3.96. The third-order valence-corrected chi connectivity index (χ3v) is 3.21. The second-order valence-corrected chi connectivity index (χ2v) is 5.92. The third kappa shape index (κ3) is 2.80. The van der Waals surface area contributed by atoms with Crippen LogP contribution in [0.15, 0.2) is 18.3 Å². The summed E-state index contributed by atoms with van der Waals surface area (Å²) >= 11 is 0. The van der Waals surface area contributed by atoms with E-state index < -0.39 is 0 Å². The molecule has 1 aromatic rings. The lowest BCUT2D eigenvalue weighted by molar-refractivity contribution is 0.488. The Kier molecular flexibility index (Phi) is 3.22. The van der Waals surface area contributed by atoms with E-state index in [0.29, 0.717) is 0 Å². The normalized spacial score (nSPS) is 12.9. The van der Waals surface area contributed by atoms with Gasteiger partial charge in [0.05, 0.1) is 0 Å². The highest BCUT2D eigenvalue weighted by Gasteiger charge is 2.20. The lowest BCUT2D eigenvalue weighted by Gasteiger charge is -2.24. The number of aromatic nitrogens is 1. The maximum atomic E-state index is 4.59. The van der Waals surface area contributed by atoms with E-state index in [9.17, 15) is 0 Å². The Morgan fingerprint density at radius 1 is 1.07 bits per heavy atom. The van der Waals surface area contributed by atoms with E-state index >= 15 is 0 Å². The van der Waals surface area contributed by atoms with E-state index in [0.717, 1.165) is 6.42 Å². The van der Waals surface area contributed by atoms with Crippen LogP contribution in [-0.4, -0.2) is 4.98 Å². The fourth-order valence-electron chi connectivity index (χ4n) is 1.42. The first-order chi connectivity index (χ1) is 6.77. The van der Waals surface area contributed by atoms with Crippen LogP contribution in [0.25, 0.3) is 0 Å². The fourth-order valence-corrected chi connectivity index (χ4v) is 1.42. The maximum absolute atomic E-state index is 4.59. The topological polar surface area (TPSA) is 12.9 Å². The quantitative estimate of drug-likeness (QED) is 0.709. The van der Waals surface area contributed by atoms with Crippen LogP contribution in [0.5, 0.6) is 0 Å². The van der Waals surface area contributed by atoms with Gasteiger partial charge in [-0.1, -0.05) is 47.6 Å². The molecular weight excluding hydrogens is 182 g/mol. The summed E-state index contributed by atoms with van der Waals surface area (Å²) in [6.45, 7) is 13.3. The molecule has 0 spiro atoms. The fraction of sp³-hybridized carbons (Fsp3) is 0.643. The summed E-state index contributed by atoms with van der Waals surface area (Å²) in [5.74, 6) is 0. The van der Waals surface area contributed by atoms with Crippen LogP contribution in [0.1, 0.15) is 59.2 Å². The van der Waals surface area contributed by atoms with Crippen molar-refractivity contribution in [2.75, 3.05) is 0 Å². The Labute approximate surface area is 93.9 Å². The zero-order valence-corrected chi connectivity index (χ0v) is 10.9. The molecule has 0 N–H and O–H groups in total. The standard InChI is InChI=1S/C14H23N/c1-7-14(5,6)12-9-8-11(10-15-12)13(2,3)4/h8-10H,7H2,1-6H3. The zero-order chi connectivity index (χ0) is 11.7. The van der Waals surface area contributed by atoms with E-state index in [4.69, 9.17) is 0 Å². The van der Waals surface area contributed by atoms with E-state index in [-0.39, 0.29) is 10.8 Å². The molecule has 1 nitrogen and oxygen atoms in total. The molecule has 0 aliphatic heterocycles. The van der Waals surface area contributed by atoms with Crippen LogP contribution in [0.3, 0.4) is 0 Å². The number of pyridine rings is 1. The van der Waals surface area contributed by atoms with Gasteiger partial charge in [-0.25, -0.2) is 0 Å². The molecule has 15 heavy (non-hydrogen) atoms. The van der Waals surface area contributed by atoms with E-state index in [1.54, 1.807) is 0 Å². The Hall–Kier alpha value is -0.850. The van der Waals surface area contributed by atoms with E-state index in [1.165, 1.54) is 11.3 Å². The molecule has 0 bridgehead atoms. The van der Waals surface area contributed by atoms with Gasteiger partial charge in [0.15, 0.2) is 0 Å². The molecule has 0 aromatic carbocycles. The molecule has 84 valence electrons. The monoisotopic (exact) mass is 205 g/mol. The van der Waals surface area contributed by atoms with Gasteiger partial charge in [0.1, 0.15) is 0 Å². The van der Waals surface area contributed by atoms with Crippen molar-refractivity contribution in [1.82, 2.24) is 4.98 Å². The Bertz CT molecular complexity index is 314. The summed E-state index contributed by atoms with van der Waals surface area (Å²) in [6.07, 6.45) is 3.14. The predicted molar refractivity (Wildman–Crippen MR) is 66.3 cm³/mol. The highest BCUT2D eigenvalue weighted by atomic mass is 14.7. The molecule has 1 heterocycles. The van der Waals surface area contributed by atoms with Crippen molar-refractivity contribution in [3.05, 3.63) is 29.6 Å². The lowest BCUT2D eigenvalue weighted by atomic mass is 9.84. The summed E-state index contributed by atoms with van der Waals surface area (Å²) < 4.78 is 0. The smallest absolute Gasteiger partial charge is 0.0459 e. The molecule has 1 aromatic heterocycles. The minimum Gasteiger partial charge on any atom is -0.260 e. The van der Waals surface area contributed by atoms with Gasteiger partial charge in [-0.15, -0.1) is 0 Å². The molecule has 0 saturated carbocycles. The molecule has 0 radical (unpaired) electrons. The highest BCUT2D eigenvalue weighted by Crippen LogP contribution is 2.27.